The molecule has 0 saturated carbocycles. The van der Waals surface area contributed by atoms with E-state index in [-0.39, 0.29) is 23.6 Å². The zero-order valence-corrected chi connectivity index (χ0v) is 15.4. The zero-order chi connectivity index (χ0) is 18.9. The van der Waals surface area contributed by atoms with Crippen molar-refractivity contribution in [3.05, 3.63) is 40.4 Å². The van der Waals surface area contributed by atoms with Gasteiger partial charge in [0, 0.05) is 37.0 Å². The first-order valence-electron chi connectivity index (χ1n) is 7.89. The highest BCUT2D eigenvalue weighted by molar-refractivity contribution is 7.94. The van der Waals surface area contributed by atoms with Crippen LogP contribution in [0.25, 0.3) is 6.08 Å². The monoisotopic (exact) mass is 377 g/mol. The van der Waals surface area contributed by atoms with Crippen LogP contribution in [0.3, 0.4) is 0 Å². The molecule has 0 bridgehead atoms. The lowest BCUT2D eigenvalue weighted by molar-refractivity contribution is 0.0914. The summed E-state index contributed by atoms with van der Waals surface area (Å²) in [4.78, 5) is 20.3. The molecule has 1 amide bonds. The van der Waals surface area contributed by atoms with E-state index >= 15 is 0 Å². The fourth-order valence-corrected chi connectivity index (χ4v) is 3.55. The molecule has 0 aromatic carbocycles. The van der Waals surface area contributed by atoms with E-state index < -0.39 is 21.8 Å². The molecule has 2 aromatic rings. The number of fused-ring (bicyclic) bond motifs is 1. The van der Waals surface area contributed by atoms with Crippen LogP contribution in [0, 0.1) is 6.92 Å². The number of carbonyl (C=O) groups is 1. The topological polar surface area (TPSA) is 116 Å². The lowest BCUT2D eigenvalue weighted by atomic mass is 10.1. The summed E-state index contributed by atoms with van der Waals surface area (Å²) in [5, 5.41) is 7.03. The first-order valence-corrected chi connectivity index (χ1v) is 9.78. The number of aromatic nitrogens is 4. The zero-order valence-electron chi connectivity index (χ0n) is 14.6. The molecule has 1 aliphatic heterocycles. The van der Waals surface area contributed by atoms with Crippen LogP contribution in [-0.2, 0) is 16.9 Å². The second-order valence-electron chi connectivity index (χ2n) is 6.09. The van der Waals surface area contributed by atoms with Gasteiger partial charge in [-0.1, -0.05) is 0 Å². The Labute approximate surface area is 151 Å². The molecule has 1 atom stereocenters. The van der Waals surface area contributed by atoms with E-state index in [0.717, 1.165) is 6.26 Å². The molecule has 0 aliphatic carbocycles. The van der Waals surface area contributed by atoms with Gasteiger partial charge in [0.05, 0.1) is 23.5 Å². The maximum atomic E-state index is 12.3. The quantitative estimate of drug-likeness (QED) is 0.827. The highest BCUT2D eigenvalue weighted by atomic mass is 32.2. The van der Waals surface area contributed by atoms with Crippen molar-refractivity contribution in [1.29, 1.82) is 0 Å². The molecular weight excluding hydrogens is 358 g/mol. The minimum atomic E-state index is -3.46. The van der Waals surface area contributed by atoms with Gasteiger partial charge in [-0.05, 0) is 13.0 Å². The molecule has 1 N–H and O–H groups in total. The van der Waals surface area contributed by atoms with Gasteiger partial charge in [0.15, 0.2) is 9.84 Å². The fourth-order valence-electron chi connectivity index (χ4n) is 2.72. The third-order valence-electron chi connectivity index (χ3n) is 4.00. The molecule has 0 fully saturated rings. The summed E-state index contributed by atoms with van der Waals surface area (Å²) in [7, 11) is -1.74. The maximum absolute atomic E-state index is 12.3. The first-order chi connectivity index (χ1) is 12.3. The van der Waals surface area contributed by atoms with Crippen molar-refractivity contribution in [1.82, 2.24) is 25.1 Å². The molecular formula is C16H19N5O4S. The molecule has 1 aliphatic rings. The van der Waals surface area contributed by atoms with Crippen LogP contribution < -0.4 is 10.1 Å². The minimum Gasteiger partial charge on any atom is -0.475 e. The van der Waals surface area contributed by atoms with Gasteiger partial charge in [0.25, 0.3) is 5.91 Å². The Kier molecular flexibility index (Phi) is 4.77. The van der Waals surface area contributed by atoms with Gasteiger partial charge in [-0.25, -0.2) is 18.1 Å². The Balaban J connectivity index is 1.92. The number of hydrogen-bond acceptors (Lipinski definition) is 7. The van der Waals surface area contributed by atoms with Gasteiger partial charge in [0.2, 0.25) is 5.88 Å². The Morgan fingerprint density at radius 3 is 2.81 bits per heavy atom. The van der Waals surface area contributed by atoms with E-state index in [0.29, 0.717) is 17.1 Å². The molecule has 1 unspecified atom stereocenters. The standard InChI is InChI=1S/C16H19N5O4S/c1-10-13-7-12(26(3,23)24)6-11(9-25-16(13)21(2)20-10)19-15(22)14-8-17-4-5-18-14/h4-5,7-8,11H,6,9H2,1-3H3,(H,19,22)/b12-7+. The van der Waals surface area contributed by atoms with E-state index in [1.54, 1.807) is 24.7 Å². The summed E-state index contributed by atoms with van der Waals surface area (Å²) in [5.74, 6) is 0.0173. The predicted octanol–water partition coefficient (Wildman–Crippen LogP) is 0.485. The number of nitrogens with zero attached hydrogens (tertiary/aromatic N) is 4. The largest absolute Gasteiger partial charge is 0.475 e. The normalized spacial score (nSPS) is 19.3. The van der Waals surface area contributed by atoms with Gasteiger partial charge in [-0.15, -0.1) is 0 Å². The number of rotatable bonds is 3. The number of sulfone groups is 1. The number of aryl methyl sites for hydroxylation is 2. The molecule has 2 aromatic heterocycles. The van der Waals surface area contributed by atoms with Gasteiger partial charge < -0.3 is 10.1 Å². The smallest absolute Gasteiger partial charge is 0.271 e. The van der Waals surface area contributed by atoms with E-state index in [4.69, 9.17) is 4.74 Å². The summed E-state index contributed by atoms with van der Waals surface area (Å²) in [6.45, 7) is 1.89. The molecule has 0 radical (unpaired) electrons. The Bertz CT molecular complexity index is 966. The summed E-state index contributed by atoms with van der Waals surface area (Å²) in [6, 6.07) is -0.547. The fraction of sp³-hybridized carbons (Fsp3) is 0.375. The first kappa shape index (κ1) is 18.1. The van der Waals surface area contributed by atoms with Gasteiger partial charge >= 0.3 is 0 Å². The van der Waals surface area contributed by atoms with Crippen molar-refractivity contribution in [2.24, 2.45) is 7.05 Å². The van der Waals surface area contributed by atoms with Crippen LogP contribution in [0.4, 0.5) is 0 Å². The van der Waals surface area contributed by atoms with Crippen LogP contribution in [0.2, 0.25) is 0 Å². The number of ether oxygens (including phenoxy) is 1. The van der Waals surface area contributed by atoms with E-state index in [9.17, 15) is 13.2 Å². The van der Waals surface area contributed by atoms with Gasteiger partial charge in [-0.2, -0.15) is 5.10 Å². The second-order valence-corrected chi connectivity index (χ2v) is 8.16. The molecule has 0 saturated heterocycles. The van der Waals surface area contributed by atoms with Gasteiger partial charge in [0.1, 0.15) is 12.3 Å². The summed E-state index contributed by atoms with van der Waals surface area (Å²) >= 11 is 0. The van der Waals surface area contributed by atoms with Crippen molar-refractivity contribution in [2.75, 3.05) is 12.9 Å². The van der Waals surface area contributed by atoms with E-state index in [1.165, 1.54) is 18.6 Å². The molecule has 9 nitrogen and oxygen atoms in total. The molecule has 0 spiro atoms. The SMILES string of the molecule is Cc1nn(C)c2c1/C=C(/S(C)(=O)=O)CC(NC(=O)c1cnccn1)CO2. The summed E-state index contributed by atoms with van der Waals surface area (Å²) < 4.78 is 31.8. The highest BCUT2D eigenvalue weighted by Crippen LogP contribution is 2.29. The Morgan fingerprint density at radius 1 is 1.38 bits per heavy atom. The van der Waals surface area contributed by atoms with Crippen molar-refractivity contribution in [2.45, 2.75) is 19.4 Å². The number of amides is 1. The van der Waals surface area contributed by atoms with Crippen LogP contribution in [0.15, 0.2) is 23.5 Å². The van der Waals surface area contributed by atoms with E-state index in [2.05, 4.69) is 20.4 Å². The van der Waals surface area contributed by atoms with E-state index in [1.807, 2.05) is 0 Å². The van der Waals surface area contributed by atoms with Crippen molar-refractivity contribution >= 4 is 21.8 Å². The van der Waals surface area contributed by atoms with Crippen LogP contribution >= 0.6 is 0 Å². The number of carbonyl (C=O) groups excluding carboxylic acids is 1. The van der Waals surface area contributed by atoms with Crippen molar-refractivity contribution < 1.29 is 17.9 Å². The third kappa shape index (κ3) is 3.74. The van der Waals surface area contributed by atoms with Gasteiger partial charge in [-0.3, -0.25) is 9.78 Å². The Hall–Kier alpha value is -2.75. The molecule has 26 heavy (non-hydrogen) atoms. The third-order valence-corrected chi connectivity index (χ3v) is 5.23. The van der Waals surface area contributed by atoms with Crippen LogP contribution in [0.5, 0.6) is 5.88 Å². The minimum absolute atomic E-state index is 0.102. The molecule has 10 heteroatoms. The predicted molar refractivity (Wildman–Crippen MR) is 94.2 cm³/mol. The second kappa shape index (κ2) is 6.87. The van der Waals surface area contributed by atoms with Crippen molar-refractivity contribution in [3.63, 3.8) is 0 Å². The average Bonchev–Trinajstić information content (AvgIpc) is 2.81. The Morgan fingerprint density at radius 2 is 2.15 bits per heavy atom. The highest BCUT2D eigenvalue weighted by Gasteiger charge is 2.26. The van der Waals surface area contributed by atoms with Crippen LogP contribution in [-0.4, -0.2) is 53.0 Å². The molecule has 3 rings (SSSR count). The lowest BCUT2D eigenvalue weighted by Gasteiger charge is -2.22. The van der Waals surface area contributed by atoms with Crippen molar-refractivity contribution in [3.8, 4) is 5.88 Å². The molecule has 3 heterocycles. The number of nitrogens with one attached hydrogen (secondary N) is 1. The average molecular weight is 377 g/mol. The lowest BCUT2D eigenvalue weighted by Crippen LogP contribution is -2.40. The summed E-state index contributed by atoms with van der Waals surface area (Å²) in [5.41, 5.74) is 1.45. The summed E-state index contributed by atoms with van der Waals surface area (Å²) in [6.07, 6.45) is 7.04. The number of hydrogen-bond donors (Lipinski definition) is 1. The molecule has 138 valence electrons. The van der Waals surface area contributed by atoms with Crippen LogP contribution in [0.1, 0.15) is 28.2 Å². The maximum Gasteiger partial charge on any atom is 0.271 e.